The van der Waals surface area contributed by atoms with Gasteiger partial charge in [0, 0.05) is 54.5 Å². The Labute approximate surface area is 400 Å². The zero-order valence-electron chi connectivity index (χ0n) is 37.5. The van der Waals surface area contributed by atoms with Crippen molar-refractivity contribution in [2.75, 3.05) is 0 Å². The highest BCUT2D eigenvalue weighted by atomic mass is 15.0. The van der Waals surface area contributed by atoms with Crippen LogP contribution < -0.4 is 0 Å². The number of nitriles is 2. The molecule has 0 aliphatic rings. The van der Waals surface area contributed by atoms with E-state index in [1.165, 1.54) is 21.5 Å². The van der Waals surface area contributed by atoms with E-state index in [0.717, 1.165) is 98.6 Å². The lowest BCUT2D eigenvalue weighted by molar-refractivity contribution is 1.11. The summed E-state index contributed by atoms with van der Waals surface area (Å²) in [5.41, 5.74) is 12.6. The van der Waals surface area contributed by atoms with Gasteiger partial charge < -0.3 is 18.3 Å². The molecule has 322 valence electrons. The van der Waals surface area contributed by atoms with Gasteiger partial charge in [-0.1, -0.05) is 133 Å². The molecule has 4 heterocycles. The maximum atomic E-state index is 11.7. The van der Waals surface area contributed by atoms with Gasteiger partial charge in [0.15, 0.2) is 0 Å². The fourth-order valence-electron chi connectivity index (χ4n) is 11.9. The summed E-state index contributed by atoms with van der Waals surface area (Å²) in [6.45, 7) is 0. The molecule has 0 aliphatic carbocycles. The predicted octanol–water partition coefficient (Wildman–Crippen LogP) is 16.1. The van der Waals surface area contributed by atoms with Crippen molar-refractivity contribution >= 4 is 109 Å². The topological polar surface area (TPSA) is 67.3 Å². The monoisotopic (exact) mass is 888 g/mol. The second-order valence-corrected chi connectivity index (χ2v) is 18.3. The van der Waals surface area contributed by atoms with Gasteiger partial charge in [0.1, 0.15) is 11.6 Å². The van der Waals surface area contributed by atoms with Crippen molar-refractivity contribution in [3.8, 4) is 34.9 Å². The minimum Gasteiger partial charge on any atom is -0.309 e. The number of nitrogens with zero attached hydrogens (tertiary/aromatic N) is 6. The van der Waals surface area contributed by atoms with E-state index in [1.807, 2.05) is 12.1 Å². The molecule has 0 spiro atoms. The van der Waals surface area contributed by atoms with E-state index in [9.17, 15) is 10.5 Å². The van der Waals surface area contributed by atoms with Crippen molar-refractivity contribution in [2.24, 2.45) is 0 Å². The maximum absolute atomic E-state index is 11.7. The van der Waals surface area contributed by atoms with Crippen LogP contribution in [0.2, 0.25) is 0 Å². The van der Waals surface area contributed by atoms with E-state index in [4.69, 9.17) is 0 Å². The summed E-state index contributed by atoms with van der Waals surface area (Å²) in [5.74, 6) is 0. The van der Waals surface area contributed by atoms with E-state index in [-0.39, 0.29) is 0 Å². The van der Waals surface area contributed by atoms with E-state index < -0.39 is 0 Å². The third kappa shape index (κ3) is 5.14. The van der Waals surface area contributed by atoms with Gasteiger partial charge in [0.25, 0.3) is 0 Å². The van der Waals surface area contributed by atoms with Crippen molar-refractivity contribution in [1.29, 1.82) is 10.5 Å². The number of hydrogen-bond donors (Lipinski definition) is 0. The molecule has 0 atom stereocenters. The lowest BCUT2D eigenvalue weighted by atomic mass is 10.0. The standard InChI is InChI=1S/C64H36N6/c65-37-39-33-61(69-57-31-27-42(35-50(57)63-44-15-3-1-13-40(44)25-29-59(63)69)67-53-21-9-5-17-46(53)47-18-6-10-22-54(47)67)52(38-66)62(34-39)70-58-32-28-43(36-51(58)64-45-16-4-2-14-41(45)26-30-60(64)70)68-55-23-11-7-19-48(55)49-20-8-12-24-56(49)68/h1-36H. The van der Waals surface area contributed by atoms with Crippen LogP contribution in [0.5, 0.6) is 0 Å². The third-order valence-electron chi connectivity index (χ3n) is 14.8. The molecule has 6 heteroatoms. The molecule has 6 nitrogen and oxygen atoms in total. The molecular weight excluding hydrogens is 853 g/mol. The Morgan fingerprint density at radius 2 is 0.614 bits per heavy atom. The molecule has 0 N–H and O–H groups in total. The second-order valence-electron chi connectivity index (χ2n) is 18.3. The van der Waals surface area contributed by atoms with Gasteiger partial charge in [0.2, 0.25) is 0 Å². The Hall–Kier alpha value is -9.88. The van der Waals surface area contributed by atoms with Crippen LogP contribution in [0.15, 0.2) is 218 Å². The average Bonchev–Trinajstić information content (AvgIpc) is 4.15. The summed E-state index contributed by atoms with van der Waals surface area (Å²) in [4.78, 5) is 0. The average molecular weight is 889 g/mol. The molecule has 0 saturated heterocycles. The number of hydrogen-bond acceptors (Lipinski definition) is 2. The van der Waals surface area contributed by atoms with Gasteiger partial charge in [-0.15, -0.1) is 0 Å². The highest BCUT2D eigenvalue weighted by Crippen LogP contribution is 2.44. The molecule has 0 bridgehead atoms. The molecule has 0 unspecified atom stereocenters. The number of aromatic nitrogens is 4. The van der Waals surface area contributed by atoms with Gasteiger partial charge in [0.05, 0.1) is 67.1 Å². The van der Waals surface area contributed by atoms with Crippen LogP contribution in [0.4, 0.5) is 0 Å². The van der Waals surface area contributed by atoms with Crippen LogP contribution in [0.1, 0.15) is 11.1 Å². The van der Waals surface area contributed by atoms with Gasteiger partial charge in [-0.3, -0.25) is 0 Å². The smallest absolute Gasteiger partial charge is 0.104 e. The van der Waals surface area contributed by atoms with Crippen molar-refractivity contribution in [2.45, 2.75) is 0 Å². The van der Waals surface area contributed by atoms with Crippen LogP contribution in [-0.4, -0.2) is 18.3 Å². The van der Waals surface area contributed by atoms with Crippen molar-refractivity contribution in [3.63, 3.8) is 0 Å². The fourth-order valence-corrected chi connectivity index (χ4v) is 11.9. The Morgan fingerprint density at radius 3 is 1.00 bits per heavy atom. The van der Waals surface area contributed by atoms with Crippen LogP contribution in [0.25, 0.3) is 132 Å². The Balaban J connectivity index is 1.03. The molecule has 11 aromatic carbocycles. The molecule has 4 aromatic heterocycles. The second kappa shape index (κ2) is 14.3. The first-order valence-electron chi connectivity index (χ1n) is 23.5. The molecular formula is C64H36N6. The van der Waals surface area contributed by atoms with Gasteiger partial charge >= 0.3 is 0 Å². The van der Waals surface area contributed by atoms with E-state index >= 15 is 0 Å². The quantitative estimate of drug-likeness (QED) is 0.177. The van der Waals surface area contributed by atoms with E-state index in [0.29, 0.717) is 22.5 Å². The summed E-state index contributed by atoms with van der Waals surface area (Å²) in [7, 11) is 0. The number of para-hydroxylation sites is 4. The van der Waals surface area contributed by atoms with Crippen LogP contribution >= 0.6 is 0 Å². The number of benzene rings is 11. The minimum absolute atomic E-state index is 0.458. The summed E-state index contributed by atoms with van der Waals surface area (Å²) >= 11 is 0. The first kappa shape index (κ1) is 38.2. The first-order valence-corrected chi connectivity index (χ1v) is 23.5. The van der Waals surface area contributed by atoms with Gasteiger partial charge in [-0.2, -0.15) is 10.5 Å². The SMILES string of the molecule is N#Cc1cc(-n2c3ccc(-n4c5ccccc5c5ccccc54)cc3c3c4ccccc4ccc32)c(C#N)c(-n2c3ccc(-n4c5ccccc5c5ccccc54)cc3c3c4ccccc4ccc32)c1. The molecule has 0 fully saturated rings. The number of fused-ring (bicyclic) bond motifs is 16. The largest absolute Gasteiger partial charge is 0.309 e. The molecule has 0 saturated carbocycles. The van der Waals surface area contributed by atoms with Gasteiger partial charge in [-0.05, 0) is 106 Å². The highest BCUT2D eigenvalue weighted by molar-refractivity contribution is 6.24. The summed E-state index contributed by atoms with van der Waals surface area (Å²) in [6.07, 6.45) is 0. The minimum atomic E-state index is 0.458. The van der Waals surface area contributed by atoms with E-state index in [2.05, 4.69) is 237 Å². The third-order valence-corrected chi connectivity index (χ3v) is 14.8. The van der Waals surface area contributed by atoms with Gasteiger partial charge in [-0.25, -0.2) is 0 Å². The first-order chi connectivity index (χ1) is 34.7. The lowest BCUT2D eigenvalue weighted by Crippen LogP contribution is -2.05. The van der Waals surface area contributed by atoms with Crippen molar-refractivity contribution < 1.29 is 0 Å². The normalized spacial score (nSPS) is 12.0. The van der Waals surface area contributed by atoms with Crippen molar-refractivity contribution in [1.82, 2.24) is 18.3 Å². The highest BCUT2D eigenvalue weighted by Gasteiger charge is 2.25. The summed E-state index contributed by atoms with van der Waals surface area (Å²) in [5, 5.41) is 36.2. The molecule has 0 radical (unpaired) electrons. The molecule has 0 amide bonds. The Morgan fingerprint density at radius 1 is 0.271 bits per heavy atom. The van der Waals surface area contributed by atoms with Crippen LogP contribution in [0, 0.1) is 22.7 Å². The lowest BCUT2D eigenvalue weighted by Gasteiger charge is -2.17. The zero-order chi connectivity index (χ0) is 46.2. The molecule has 15 rings (SSSR count). The fraction of sp³-hybridized carbons (Fsp3) is 0. The van der Waals surface area contributed by atoms with E-state index in [1.54, 1.807) is 0 Å². The zero-order valence-corrected chi connectivity index (χ0v) is 37.5. The van der Waals surface area contributed by atoms with Crippen molar-refractivity contribution in [3.05, 3.63) is 230 Å². The molecule has 0 aliphatic heterocycles. The summed E-state index contributed by atoms with van der Waals surface area (Å²) < 4.78 is 9.12. The molecule has 15 aromatic rings. The van der Waals surface area contributed by atoms with Crippen LogP contribution in [-0.2, 0) is 0 Å². The summed E-state index contributed by atoms with van der Waals surface area (Å²) in [6, 6.07) is 82.4. The Kier molecular flexibility index (Phi) is 7.82. The predicted molar refractivity (Wildman–Crippen MR) is 288 cm³/mol. The maximum Gasteiger partial charge on any atom is 0.104 e. The molecule has 70 heavy (non-hydrogen) atoms. The number of rotatable bonds is 4. The van der Waals surface area contributed by atoms with Crippen LogP contribution in [0.3, 0.4) is 0 Å². The Bertz CT molecular complexity index is 4470.